The Morgan fingerprint density at radius 1 is 1.07 bits per heavy atom. The van der Waals surface area contributed by atoms with Crippen molar-refractivity contribution >= 4 is 17.5 Å². The Hall–Kier alpha value is -1.92. The standard InChI is InChI=1S/C21H31N3O3/c22-16-21(8-2-1-3-9-21)15-19(25)23-18-6-4-17(5-7-18)14-20(26)24-10-12-27-13-11-24/h4-7H,1-3,8-16,22H2,(H,23,25). The van der Waals surface area contributed by atoms with Gasteiger partial charge in [-0.15, -0.1) is 0 Å². The van der Waals surface area contributed by atoms with Gasteiger partial charge in [0.1, 0.15) is 0 Å². The monoisotopic (exact) mass is 373 g/mol. The van der Waals surface area contributed by atoms with Crippen molar-refractivity contribution in [1.82, 2.24) is 4.90 Å². The van der Waals surface area contributed by atoms with Crippen molar-refractivity contribution in [3.05, 3.63) is 29.8 Å². The molecule has 0 unspecified atom stereocenters. The summed E-state index contributed by atoms with van der Waals surface area (Å²) in [5.41, 5.74) is 7.67. The third-order valence-corrected chi connectivity index (χ3v) is 5.84. The Kier molecular flexibility index (Phi) is 6.85. The summed E-state index contributed by atoms with van der Waals surface area (Å²) >= 11 is 0. The van der Waals surface area contributed by atoms with Gasteiger partial charge >= 0.3 is 0 Å². The molecular formula is C21H31N3O3. The quantitative estimate of drug-likeness (QED) is 0.801. The summed E-state index contributed by atoms with van der Waals surface area (Å²) in [4.78, 5) is 26.6. The van der Waals surface area contributed by atoms with Gasteiger partial charge in [-0.3, -0.25) is 9.59 Å². The molecule has 3 N–H and O–H groups in total. The van der Waals surface area contributed by atoms with Crippen molar-refractivity contribution in [2.24, 2.45) is 11.1 Å². The highest BCUT2D eigenvalue weighted by molar-refractivity contribution is 5.91. The summed E-state index contributed by atoms with van der Waals surface area (Å²) in [6.45, 7) is 3.12. The van der Waals surface area contributed by atoms with E-state index >= 15 is 0 Å². The number of rotatable bonds is 6. The average molecular weight is 373 g/mol. The lowest BCUT2D eigenvalue weighted by Crippen LogP contribution is -2.41. The van der Waals surface area contributed by atoms with Crippen molar-refractivity contribution in [3.63, 3.8) is 0 Å². The maximum Gasteiger partial charge on any atom is 0.227 e. The molecule has 0 aromatic heterocycles. The minimum absolute atomic E-state index is 0.0273. The summed E-state index contributed by atoms with van der Waals surface area (Å²) in [5, 5.41) is 2.99. The fourth-order valence-electron chi connectivity index (χ4n) is 4.11. The SMILES string of the molecule is NCC1(CC(=O)Nc2ccc(CC(=O)N3CCOCC3)cc2)CCCCC1. The van der Waals surface area contributed by atoms with Crippen LogP contribution >= 0.6 is 0 Å². The number of anilines is 1. The van der Waals surface area contributed by atoms with E-state index in [9.17, 15) is 9.59 Å². The summed E-state index contributed by atoms with van der Waals surface area (Å²) in [6.07, 6.45) is 6.52. The number of carbonyl (C=O) groups excluding carboxylic acids is 2. The van der Waals surface area contributed by atoms with Gasteiger partial charge in [-0.05, 0) is 42.5 Å². The molecule has 0 bridgehead atoms. The fraction of sp³-hybridized carbons (Fsp3) is 0.619. The van der Waals surface area contributed by atoms with E-state index in [2.05, 4.69) is 5.32 Å². The first-order valence-corrected chi connectivity index (χ1v) is 10.0. The molecule has 1 heterocycles. The Labute approximate surface area is 161 Å². The van der Waals surface area contributed by atoms with E-state index in [-0.39, 0.29) is 17.2 Å². The first kappa shape index (κ1) is 19.8. The molecule has 6 nitrogen and oxygen atoms in total. The molecule has 2 amide bonds. The van der Waals surface area contributed by atoms with Crippen LogP contribution in [0.3, 0.4) is 0 Å². The van der Waals surface area contributed by atoms with Gasteiger partial charge in [-0.1, -0.05) is 31.4 Å². The van der Waals surface area contributed by atoms with Crippen molar-refractivity contribution in [3.8, 4) is 0 Å². The second-order valence-corrected chi connectivity index (χ2v) is 7.86. The van der Waals surface area contributed by atoms with Crippen molar-refractivity contribution in [2.45, 2.75) is 44.9 Å². The zero-order valence-electron chi connectivity index (χ0n) is 16.0. The van der Waals surface area contributed by atoms with Crippen LogP contribution in [0.25, 0.3) is 0 Å². The second-order valence-electron chi connectivity index (χ2n) is 7.86. The summed E-state index contributed by atoms with van der Waals surface area (Å²) in [6, 6.07) is 7.56. The Morgan fingerprint density at radius 2 is 1.74 bits per heavy atom. The van der Waals surface area contributed by atoms with Crippen molar-refractivity contribution < 1.29 is 14.3 Å². The van der Waals surface area contributed by atoms with E-state index in [1.165, 1.54) is 6.42 Å². The minimum Gasteiger partial charge on any atom is -0.378 e. The number of nitrogens with zero attached hydrogens (tertiary/aromatic N) is 1. The highest BCUT2D eigenvalue weighted by atomic mass is 16.5. The maximum atomic E-state index is 12.5. The number of hydrogen-bond donors (Lipinski definition) is 2. The van der Waals surface area contributed by atoms with Crippen LogP contribution in [0.4, 0.5) is 5.69 Å². The molecule has 3 rings (SSSR count). The number of benzene rings is 1. The highest BCUT2D eigenvalue weighted by Gasteiger charge is 2.32. The van der Waals surface area contributed by atoms with E-state index in [4.69, 9.17) is 10.5 Å². The molecule has 0 atom stereocenters. The zero-order valence-corrected chi connectivity index (χ0v) is 16.0. The van der Waals surface area contributed by atoms with Crippen LogP contribution < -0.4 is 11.1 Å². The van der Waals surface area contributed by atoms with E-state index in [1.807, 2.05) is 29.2 Å². The molecule has 0 radical (unpaired) electrons. The van der Waals surface area contributed by atoms with E-state index in [1.54, 1.807) is 0 Å². The predicted molar refractivity (Wildman–Crippen MR) is 105 cm³/mol. The molecular weight excluding hydrogens is 342 g/mol. The first-order chi connectivity index (χ1) is 13.1. The van der Waals surface area contributed by atoms with Gasteiger partial charge in [0.05, 0.1) is 19.6 Å². The summed E-state index contributed by atoms with van der Waals surface area (Å²) in [5.74, 6) is 0.150. The molecule has 1 aliphatic heterocycles. The zero-order chi connectivity index (χ0) is 19.1. The first-order valence-electron chi connectivity index (χ1n) is 10.0. The smallest absolute Gasteiger partial charge is 0.227 e. The Bertz CT molecular complexity index is 633. The van der Waals surface area contributed by atoms with Gasteiger partial charge in [0.15, 0.2) is 0 Å². The Morgan fingerprint density at radius 3 is 2.37 bits per heavy atom. The predicted octanol–water partition coefficient (Wildman–Crippen LogP) is 2.33. The van der Waals surface area contributed by atoms with Crippen LogP contribution in [0.5, 0.6) is 0 Å². The lowest BCUT2D eigenvalue weighted by atomic mass is 9.71. The molecule has 0 spiro atoms. The molecule has 1 saturated heterocycles. The number of carbonyl (C=O) groups is 2. The highest BCUT2D eigenvalue weighted by Crippen LogP contribution is 2.38. The second kappa shape index (κ2) is 9.33. The molecule has 27 heavy (non-hydrogen) atoms. The van der Waals surface area contributed by atoms with Crippen molar-refractivity contribution in [2.75, 3.05) is 38.2 Å². The fourth-order valence-corrected chi connectivity index (χ4v) is 4.11. The number of ether oxygens (including phenoxy) is 1. The third kappa shape index (κ3) is 5.53. The molecule has 1 saturated carbocycles. The maximum absolute atomic E-state index is 12.5. The van der Waals surface area contributed by atoms with Crippen molar-refractivity contribution in [1.29, 1.82) is 0 Å². The minimum atomic E-state index is -0.0349. The van der Waals surface area contributed by atoms with Crippen LogP contribution in [0.1, 0.15) is 44.1 Å². The lowest BCUT2D eigenvalue weighted by Gasteiger charge is -2.35. The topological polar surface area (TPSA) is 84.7 Å². The van der Waals surface area contributed by atoms with E-state index < -0.39 is 0 Å². The van der Waals surface area contributed by atoms with Gasteiger partial charge in [0.25, 0.3) is 0 Å². The number of nitrogens with two attached hydrogens (primary N) is 1. The number of amides is 2. The largest absolute Gasteiger partial charge is 0.378 e. The van der Waals surface area contributed by atoms with Gasteiger partial charge in [-0.25, -0.2) is 0 Å². The summed E-state index contributed by atoms with van der Waals surface area (Å²) < 4.78 is 5.28. The van der Waals surface area contributed by atoms with Crippen LogP contribution in [-0.2, 0) is 20.7 Å². The lowest BCUT2D eigenvalue weighted by molar-refractivity contribution is -0.134. The molecule has 1 aromatic carbocycles. The molecule has 2 fully saturated rings. The third-order valence-electron chi connectivity index (χ3n) is 5.84. The van der Waals surface area contributed by atoms with Gasteiger partial charge < -0.3 is 20.7 Å². The molecule has 2 aliphatic rings. The number of nitrogens with one attached hydrogen (secondary N) is 1. The average Bonchev–Trinajstić information content (AvgIpc) is 2.70. The number of morpholine rings is 1. The molecule has 1 aliphatic carbocycles. The van der Waals surface area contributed by atoms with Gasteiger partial charge in [0.2, 0.25) is 11.8 Å². The van der Waals surface area contributed by atoms with Crippen LogP contribution in [0, 0.1) is 5.41 Å². The van der Waals surface area contributed by atoms with Gasteiger partial charge in [-0.2, -0.15) is 0 Å². The number of hydrogen-bond acceptors (Lipinski definition) is 4. The summed E-state index contributed by atoms with van der Waals surface area (Å²) in [7, 11) is 0. The van der Waals surface area contributed by atoms with Crippen LogP contribution in [0.15, 0.2) is 24.3 Å². The van der Waals surface area contributed by atoms with E-state index in [0.29, 0.717) is 45.7 Å². The van der Waals surface area contributed by atoms with Gasteiger partial charge in [0, 0.05) is 25.2 Å². The van der Waals surface area contributed by atoms with Crippen LogP contribution in [0.2, 0.25) is 0 Å². The molecule has 6 heteroatoms. The van der Waals surface area contributed by atoms with Crippen LogP contribution in [-0.4, -0.2) is 49.6 Å². The normalized spacial score (nSPS) is 19.5. The van der Waals surface area contributed by atoms with E-state index in [0.717, 1.165) is 36.9 Å². The molecule has 148 valence electrons. The molecule has 1 aromatic rings. The Balaban J connectivity index is 1.51.